The first-order valence-electron chi connectivity index (χ1n) is 6.73. The third-order valence-corrected chi connectivity index (χ3v) is 5.51. The van der Waals surface area contributed by atoms with E-state index in [1.807, 2.05) is 0 Å². The Morgan fingerprint density at radius 2 is 2.09 bits per heavy atom. The molecule has 0 saturated carbocycles. The minimum absolute atomic E-state index is 0.0412. The van der Waals surface area contributed by atoms with E-state index in [4.69, 9.17) is 9.47 Å². The summed E-state index contributed by atoms with van der Waals surface area (Å²) in [4.78, 5) is 10.1. The van der Waals surface area contributed by atoms with Crippen LogP contribution in [0.3, 0.4) is 0 Å². The van der Waals surface area contributed by atoms with Gasteiger partial charge in [-0.1, -0.05) is 0 Å². The van der Waals surface area contributed by atoms with Crippen molar-refractivity contribution in [3.63, 3.8) is 0 Å². The molecule has 1 aliphatic rings. The van der Waals surface area contributed by atoms with Gasteiger partial charge in [-0.15, -0.1) is 0 Å². The molecule has 1 heterocycles. The molecule has 2 atom stereocenters. The predicted molar refractivity (Wildman–Crippen MR) is 78.4 cm³/mol. The number of hydrogen-bond donors (Lipinski definition) is 0. The van der Waals surface area contributed by atoms with E-state index in [9.17, 15) is 18.5 Å². The van der Waals surface area contributed by atoms with Crippen LogP contribution in [-0.2, 0) is 14.8 Å². The molecule has 0 spiro atoms. The van der Waals surface area contributed by atoms with Crippen LogP contribution < -0.4 is 4.74 Å². The molecule has 1 aromatic rings. The van der Waals surface area contributed by atoms with Crippen LogP contribution in [0, 0.1) is 10.1 Å². The quantitative estimate of drug-likeness (QED) is 0.611. The van der Waals surface area contributed by atoms with E-state index in [1.54, 1.807) is 13.8 Å². The Hall–Kier alpha value is -1.71. The van der Waals surface area contributed by atoms with E-state index in [0.29, 0.717) is 6.61 Å². The summed E-state index contributed by atoms with van der Waals surface area (Å²) >= 11 is 0. The summed E-state index contributed by atoms with van der Waals surface area (Å²) in [7, 11) is -2.54. The summed E-state index contributed by atoms with van der Waals surface area (Å²) in [5.41, 5.74) is -0.223. The van der Waals surface area contributed by atoms with Crippen LogP contribution in [0.1, 0.15) is 13.8 Å². The summed E-state index contributed by atoms with van der Waals surface area (Å²) in [6.45, 7) is 4.07. The second kappa shape index (κ2) is 6.19. The molecule has 9 heteroatoms. The molecule has 1 saturated heterocycles. The van der Waals surface area contributed by atoms with Crippen LogP contribution in [-0.4, -0.2) is 50.1 Å². The highest BCUT2D eigenvalue weighted by Gasteiger charge is 2.36. The molecule has 0 radical (unpaired) electrons. The molecule has 1 fully saturated rings. The largest absolute Gasteiger partial charge is 0.495 e. The zero-order valence-electron chi connectivity index (χ0n) is 12.6. The maximum Gasteiger partial charge on any atom is 0.273 e. The number of nitro benzene ring substituents is 1. The number of benzene rings is 1. The van der Waals surface area contributed by atoms with Crippen LogP contribution in [0.25, 0.3) is 0 Å². The summed E-state index contributed by atoms with van der Waals surface area (Å²) < 4.78 is 37.5. The van der Waals surface area contributed by atoms with E-state index in [-0.39, 0.29) is 35.0 Å². The fourth-order valence-corrected chi connectivity index (χ4v) is 4.15. The standard InChI is InChI=1S/C13H18N2O6S/c1-9-8-21-10(2)7-14(9)22(18,19)13-5-4-11(15(16)17)6-12(13)20-3/h4-6,9-10H,7-8H2,1-3H3/t9-,10+/m1/s1. The van der Waals surface area contributed by atoms with Crippen molar-refractivity contribution in [2.45, 2.75) is 30.9 Å². The predicted octanol–water partition coefficient (Wildman–Crippen LogP) is 1.40. The first-order chi connectivity index (χ1) is 10.3. The molecule has 0 aromatic heterocycles. The fraction of sp³-hybridized carbons (Fsp3) is 0.538. The van der Waals surface area contributed by atoms with Gasteiger partial charge in [-0.05, 0) is 19.9 Å². The number of nitrogens with zero attached hydrogens (tertiary/aromatic N) is 2. The van der Waals surface area contributed by atoms with E-state index in [1.165, 1.54) is 17.5 Å². The summed E-state index contributed by atoms with van der Waals surface area (Å²) in [6, 6.07) is 3.16. The van der Waals surface area contributed by atoms with Gasteiger partial charge in [0.2, 0.25) is 10.0 Å². The minimum Gasteiger partial charge on any atom is -0.495 e. The molecule has 0 amide bonds. The molecule has 0 N–H and O–H groups in total. The molecule has 2 rings (SSSR count). The highest BCUT2D eigenvalue weighted by Crippen LogP contribution is 2.32. The van der Waals surface area contributed by atoms with Gasteiger partial charge in [0, 0.05) is 18.7 Å². The molecular formula is C13H18N2O6S. The van der Waals surface area contributed by atoms with Gasteiger partial charge in [0.05, 0.1) is 30.8 Å². The Morgan fingerprint density at radius 1 is 1.41 bits per heavy atom. The third-order valence-electron chi connectivity index (χ3n) is 3.50. The minimum atomic E-state index is -3.82. The highest BCUT2D eigenvalue weighted by molar-refractivity contribution is 7.89. The Morgan fingerprint density at radius 3 is 2.68 bits per heavy atom. The van der Waals surface area contributed by atoms with Gasteiger partial charge in [0.15, 0.2) is 0 Å². The molecule has 122 valence electrons. The monoisotopic (exact) mass is 330 g/mol. The van der Waals surface area contributed by atoms with E-state index >= 15 is 0 Å². The average Bonchev–Trinajstić information content (AvgIpc) is 2.48. The SMILES string of the molecule is COc1cc([N+](=O)[O-])ccc1S(=O)(=O)N1C[C@H](C)OC[C@H]1C. The van der Waals surface area contributed by atoms with E-state index in [0.717, 1.165) is 12.1 Å². The number of rotatable bonds is 4. The number of non-ortho nitro benzene ring substituents is 1. The van der Waals surface area contributed by atoms with E-state index < -0.39 is 14.9 Å². The van der Waals surface area contributed by atoms with Gasteiger partial charge in [-0.25, -0.2) is 8.42 Å². The lowest BCUT2D eigenvalue weighted by molar-refractivity contribution is -0.385. The van der Waals surface area contributed by atoms with Crippen molar-refractivity contribution in [2.75, 3.05) is 20.3 Å². The molecule has 1 aromatic carbocycles. The van der Waals surface area contributed by atoms with Crippen molar-refractivity contribution in [3.05, 3.63) is 28.3 Å². The van der Waals surface area contributed by atoms with Gasteiger partial charge in [-0.2, -0.15) is 4.31 Å². The molecule has 22 heavy (non-hydrogen) atoms. The average molecular weight is 330 g/mol. The van der Waals surface area contributed by atoms with Crippen LogP contribution >= 0.6 is 0 Å². The van der Waals surface area contributed by atoms with Crippen molar-refractivity contribution in [2.24, 2.45) is 0 Å². The molecular weight excluding hydrogens is 312 g/mol. The fourth-order valence-electron chi connectivity index (χ4n) is 2.32. The van der Waals surface area contributed by atoms with Crippen molar-refractivity contribution in [3.8, 4) is 5.75 Å². The van der Waals surface area contributed by atoms with Crippen molar-refractivity contribution < 1.29 is 22.8 Å². The molecule has 0 unspecified atom stereocenters. The topological polar surface area (TPSA) is 99.0 Å². The van der Waals surface area contributed by atoms with Gasteiger partial charge in [0.25, 0.3) is 5.69 Å². The number of methoxy groups -OCH3 is 1. The Bertz CT molecular complexity index is 675. The second-order valence-corrected chi connectivity index (χ2v) is 7.02. The van der Waals surface area contributed by atoms with Crippen LogP contribution in [0.5, 0.6) is 5.75 Å². The van der Waals surface area contributed by atoms with Crippen LogP contribution in [0.15, 0.2) is 23.1 Å². The number of sulfonamides is 1. The van der Waals surface area contributed by atoms with Gasteiger partial charge in [0.1, 0.15) is 10.6 Å². The molecule has 1 aliphatic heterocycles. The second-order valence-electron chi connectivity index (χ2n) is 5.16. The maximum absolute atomic E-state index is 12.8. The van der Waals surface area contributed by atoms with Crippen molar-refractivity contribution >= 4 is 15.7 Å². The number of nitro groups is 1. The number of ether oxygens (including phenoxy) is 2. The van der Waals surface area contributed by atoms with Crippen LogP contribution in [0.4, 0.5) is 5.69 Å². The maximum atomic E-state index is 12.8. The van der Waals surface area contributed by atoms with Gasteiger partial charge >= 0.3 is 0 Å². The Kier molecular flexibility index (Phi) is 4.69. The lowest BCUT2D eigenvalue weighted by atomic mass is 10.2. The highest BCUT2D eigenvalue weighted by atomic mass is 32.2. The lowest BCUT2D eigenvalue weighted by Gasteiger charge is -2.35. The first kappa shape index (κ1) is 16.7. The Balaban J connectivity index is 2.46. The zero-order chi connectivity index (χ0) is 16.5. The van der Waals surface area contributed by atoms with Gasteiger partial charge < -0.3 is 9.47 Å². The number of hydrogen-bond acceptors (Lipinski definition) is 6. The Labute approximate surface area is 128 Å². The zero-order valence-corrected chi connectivity index (χ0v) is 13.4. The van der Waals surface area contributed by atoms with Crippen molar-refractivity contribution in [1.29, 1.82) is 0 Å². The molecule has 0 aliphatic carbocycles. The summed E-state index contributed by atoms with van der Waals surface area (Å²) in [5, 5.41) is 10.8. The van der Waals surface area contributed by atoms with E-state index in [2.05, 4.69) is 0 Å². The van der Waals surface area contributed by atoms with Crippen molar-refractivity contribution in [1.82, 2.24) is 4.31 Å². The van der Waals surface area contributed by atoms with Gasteiger partial charge in [-0.3, -0.25) is 10.1 Å². The normalized spacial score (nSPS) is 23.2. The lowest BCUT2D eigenvalue weighted by Crippen LogP contribution is -2.50. The van der Waals surface area contributed by atoms with Crippen LogP contribution in [0.2, 0.25) is 0 Å². The smallest absolute Gasteiger partial charge is 0.273 e. The molecule has 0 bridgehead atoms. The third kappa shape index (κ3) is 3.06. The first-order valence-corrected chi connectivity index (χ1v) is 8.17. The molecule has 8 nitrogen and oxygen atoms in total. The summed E-state index contributed by atoms with van der Waals surface area (Å²) in [6.07, 6.45) is -0.213. The summed E-state index contributed by atoms with van der Waals surface area (Å²) in [5.74, 6) is -0.0412. The number of morpholine rings is 1.